The van der Waals surface area contributed by atoms with Crippen LogP contribution < -0.4 is 10.5 Å². The summed E-state index contributed by atoms with van der Waals surface area (Å²) in [7, 11) is 0. The largest absolute Gasteiger partial charge is 0.395 e. The Hall–Kier alpha value is -4.96. The summed E-state index contributed by atoms with van der Waals surface area (Å²) in [5.74, 6) is -1.41. The van der Waals surface area contributed by atoms with Gasteiger partial charge in [-0.2, -0.15) is 0 Å². The van der Waals surface area contributed by atoms with Gasteiger partial charge in [-0.25, -0.2) is 4.68 Å². The van der Waals surface area contributed by atoms with Gasteiger partial charge in [0.2, 0.25) is 5.91 Å². The van der Waals surface area contributed by atoms with Crippen LogP contribution in [-0.2, 0) is 28.3 Å². The molecule has 47 heavy (non-hydrogen) atoms. The van der Waals surface area contributed by atoms with Gasteiger partial charge in [0.15, 0.2) is 5.60 Å². The van der Waals surface area contributed by atoms with E-state index in [1.165, 1.54) is 9.58 Å². The number of anilines is 1. The molecule has 10 heteroatoms. The third-order valence-corrected chi connectivity index (χ3v) is 8.88. The highest BCUT2D eigenvalue weighted by Gasteiger charge is 2.52. The van der Waals surface area contributed by atoms with Crippen molar-refractivity contribution >= 4 is 40.0 Å². The van der Waals surface area contributed by atoms with Crippen LogP contribution >= 0.6 is 11.6 Å². The number of fused-ring (bicyclic) bond motifs is 2. The zero-order chi connectivity index (χ0) is 33.1. The highest BCUT2D eigenvalue weighted by Crippen LogP contribution is 2.46. The van der Waals surface area contributed by atoms with Crippen LogP contribution in [0.15, 0.2) is 114 Å². The monoisotopic (exact) mass is 650 g/mol. The van der Waals surface area contributed by atoms with E-state index < -0.39 is 17.4 Å². The van der Waals surface area contributed by atoms with Gasteiger partial charge < -0.3 is 20.0 Å². The minimum Gasteiger partial charge on any atom is -0.395 e. The maximum absolute atomic E-state index is 14.1. The van der Waals surface area contributed by atoms with E-state index in [1.54, 1.807) is 48.2 Å². The maximum Gasteiger partial charge on any atom is 0.279 e. The smallest absolute Gasteiger partial charge is 0.279 e. The third kappa shape index (κ3) is 6.25. The number of hydrogen-bond donors (Lipinski definition) is 3. The number of carbonyl (C=O) groups excluding carboxylic acids is 2. The fourth-order valence-electron chi connectivity index (χ4n) is 6.15. The molecule has 9 nitrogen and oxygen atoms in total. The van der Waals surface area contributed by atoms with Crippen molar-refractivity contribution in [3.63, 3.8) is 0 Å². The number of halogens is 1. The van der Waals surface area contributed by atoms with Crippen molar-refractivity contribution in [1.82, 2.24) is 14.7 Å². The number of para-hydroxylation sites is 1. The summed E-state index contributed by atoms with van der Waals surface area (Å²) >= 11 is 6.36. The van der Waals surface area contributed by atoms with Crippen molar-refractivity contribution < 1.29 is 19.8 Å². The maximum atomic E-state index is 14.1. The van der Waals surface area contributed by atoms with Crippen molar-refractivity contribution in [2.45, 2.75) is 32.0 Å². The molecular formula is C37H35ClN4O5. The zero-order valence-electron chi connectivity index (χ0n) is 25.8. The van der Waals surface area contributed by atoms with Crippen LogP contribution in [0.1, 0.15) is 30.0 Å². The summed E-state index contributed by atoms with van der Waals surface area (Å²) in [6, 6.07) is 29.1. The Morgan fingerprint density at radius 1 is 0.979 bits per heavy atom. The molecule has 2 atom stereocenters. The number of amides is 2. The first-order chi connectivity index (χ1) is 22.7. The molecule has 0 aliphatic carbocycles. The molecule has 2 amide bonds. The number of aromatic nitrogens is 2. The predicted molar refractivity (Wildman–Crippen MR) is 182 cm³/mol. The number of H-pyrrole nitrogens is 1. The normalized spacial score (nSPS) is 16.6. The molecule has 0 saturated carbocycles. The lowest BCUT2D eigenvalue weighted by Crippen LogP contribution is -2.44. The number of hydrogen-bond acceptors (Lipinski definition) is 5. The first kappa shape index (κ1) is 32.0. The number of rotatable bonds is 11. The summed E-state index contributed by atoms with van der Waals surface area (Å²) in [6.45, 7) is 2.26. The molecule has 1 aromatic heterocycles. The zero-order valence-corrected chi connectivity index (χ0v) is 26.6. The minimum atomic E-state index is -1.93. The number of aliphatic hydroxyl groups is 2. The number of carbonyl (C=O) groups is 2. The molecule has 0 bridgehead atoms. The van der Waals surface area contributed by atoms with E-state index in [-0.39, 0.29) is 37.6 Å². The summed E-state index contributed by atoms with van der Waals surface area (Å²) in [6.07, 6.45) is 3.36. The lowest BCUT2D eigenvalue weighted by molar-refractivity contribution is -0.139. The van der Waals surface area contributed by atoms with Gasteiger partial charge >= 0.3 is 0 Å². The number of nitrogens with one attached hydrogen (secondary N) is 1. The Morgan fingerprint density at radius 2 is 1.72 bits per heavy atom. The van der Waals surface area contributed by atoms with Crippen molar-refractivity contribution in [3.8, 4) is 5.69 Å². The third-order valence-electron chi connectivity index (χ3n) is 8.65. The molecule has 240 valence electrons. The predicted octanol–water partition coefficient (Wildman–Crippen LogP) is 5.31. The average Bonchev–Trinajstić information content (AvgIpc) is 3.52. The first-order valence-corrected chi connectivity index (χ1v) is 15.8. The second kappa shape index (κ2) is 13.4. The number of aromatic amines is 1. The summed E-state index contributed by atoms with van der Waals surface area (Å²) in [5, 5.41) is 25.7. The lowest BCUT2D eigenvalue weighted by Gasteiger charge is -2.28. The van der Waals surface area contributed by atoms with Gasteiger partial charge in [0.1, 0.15) is 0 Å². The van der Waals surface area contributed by atoms with Crippen molar-refractivity contribution in [2.75, 3.05) is 18.1 Å². The van der Waals surface area contributed by atoms with Crippen LogP contribution in [-0.4, -0.2) is 49.9 Å². The molecular weight excluding hydrogens is 616 g/mol. The molecule has 0 unspecified atom stereocenters. The molecule has 1 aliphatic rings. The SMILES string of the molecule is C[C@H](/C=C/CC(=O)N(CCO)Cc1ccccc1)[C@@]1(O)C(=O)N(Cc2cccc(-n3[nH]c4ccccc4c3=O)c2)c2ccc(Cl)cc21. The molecule has 6 rings (SSSR count). The van der Waals surface area contributed by atoms with Crippen LogP contribution in [0.5, 0.6) is 0 Å². The minimum absolute atomic E-state index is 0.0352. The molecule has 5 aromatic rings. The van der Waals surface area contributed by atoms with E-state index in [2.05, 4.69) is 5.10 Å². The Morgan fingerprint density at radius 3 is 2.49 bits per heavy atom. The highest BCUT2D eigenvalue weighted by molar-refractivity contribution is 6.31. The molecule has 0 fully saturated rings. The van der Waals surface area contributed by atoms with E-state index in [0.29, 0.717) is 33.9 Å². The molecule has 4 aromatic carbocycles. The van der Waals surface area contributed by atoms with Gasteiger partial charge in [-0.3, -0.25) is 19.5 Å². The van der Waals surface area contributed by atoms with Crippen LogP contribution in [0, 0.1) is 5.92 Å². The Kier molecular flexibility index (Phi) is 9.13. The van der Waals surface area contributed by atoms with Gasteiger partial charge in [-0.15, -0.1) is 0 Å². The van der Waals surface area contributed by atoms with Crippen molar-refractivity contribution in [3.05, 3.63) is 141 Å². The van der Waals surface area contributed by atoms with Crippen LogP contribution in [0.4, 0.5) is 5.69 Å². The van der Waals surface area contributed by atoms with Gasteiger partial charge in [-0.05, 0) is 53.6 Å². The summed E-state index contributed by atoms with van der Waals surface area (Å²) in [4.78, 5) is 43.3. The van der Waals surface area contributed by atoms with Crippen molar-refractivity contribution in [1.29, 1.82) is 0 Å². The van der Waals surface area contributed by atoms with Crippen molar-refractivity contribution in [2.24, 2.45) is 5.92 Å². The fraction of sp³-hybridized carbons (Fsp3) is 0.216. The summed E-state index contributed by atoms with van der Waals surface area (Å²) < 4.78 is 1.47. The summed E-state index contributed by atoms with van der Waals surface area (Å²) in [5.41, 5.74) is 1.84. The number of aliphatic hydroxyl groups excluding tert-OH is 1. The first-order valence-electron chi connectivity index (χ1n) is 15.4. The van der Waals surface area contributed by atoms with Crippen LogP contribution in [0.3, 0.4) is 0 Å². The molecule has 0 saturated heterocycles. The Bertz CT molecular complexity index is 2020. The average molecular weight is 651 g/mol. The van der Waals surface area contributed by atoms with E-state index in [1.807, 2.05) is 72.8 Å². The number of benzene rings is 4. The van der Waals surface area contributed by atoms with E-state index in [9.17, 15) is 24.6 Å². The van der Waals surface area contributed by atoms with E-state index in [0.717, 1.165) is 16.6 Å². The second-order valence-corrected chi connectivity index (χ2v) is 12.2. The Labute approximate surface area is 276 Å². The van der Waals surface area contributed by atoms with E-state index in [4.69, 9.17) is 11.6 Å². The molecule has 1 aliphatic heterocycles. The highest BCUT2D eigenvalue weighted by atomic mass is 35.5. The molecule has 3 N–H and O–H groups in total. The quantitative estimate of drug-likeness (QED) is 0.168. The van der Waals surface area contributed by atoms with Crippen LogP contribution in [0.2, 0.25) is 5.02 Å². The Balaban J connectivity index is 1.23. The lowest BCUT2D eigenvalue weighted by atomic mass is 9.83. The molecule has 0 radical (unpaired) electrons. The van der Waals surface area contributed by atoms with E-state index >= 15 is 0 Å². The van der Waals surface area contributed by atoms with Gasteiger partial charge in [0.25, 0.3) is 11.5 Å². The second-order valence-electron chi connectivity index (χ2n) is 11.7. The fourth-order valence-corrected chi connectivity index (χ4v) is 6.32. The van der Waals surface area contributed by atoms with Crippen LogP contribution in [0.25, 0.3) is 16.6 Å². The number of nitrogens with zero attached hydrogens (tertiary/aromatic N) is 3. The molecule has 2 heterocycles. The molecule has 0 spiro atoms. The van der Waals surface area contributed by atoms with Gasteiger partial charge in [0, 0.05) is 36.0 Å². The topological polar surface area (TPSA) is 119 Å². The standard InChI is InChI=1S/C37H35ClN4O5/c1-25(9-7-16-34(44)40(19-20-43)23-26-10-3-2-4-11-26)37(47)31-22-28(38)17-18-33(31)41(36(37)46)24-27-12-8-13-29(21-27)42-35(45)30-14-5-6-15-32(30)39-42/h2-15,17-18,21-22,25,39,43,47H,16,19-20,23-24H2,1H3/b9-7+/t25-,37+/m1/s1. The van der Waals surface area contributed by atoms with Gasteiger partial charge in [0.05, 0.1) is 35.4 Å². The van der Waals surface area contributed by atoms with Gasteiger partial charge in [-0.1, -0.05) is 85.3 Å².